The summed E-state index contributed by atoms with van der Waals surface area (Å²) in [6, 6.07) is 0. The Morgan fingerprint density at radius 3 is 2.35 bits per heavy atom. The first-order chi connectivity index (χ1) is 7.84. The molecule has 1 saturated carbocycles. The van der Waals surface area contributed by atoms with Gasteiger partial charge in [0.1, 0.15) is 0 Å². The Hall–Kier alpha value is -0.300. The largest absolute Gasteiger partial charge is 0.330 e. The standard InChI is InChI=1S/C16H31N/c1-12(2)6-7-13-10-15(16(3,4)5)9-8-14(13)11-17/h13-15H,1,6-11,17H2,2-5H3. The lowest BCUT2D eigenvalue weighted by Gasteiger charge is -2.41. The van der Waals surface area contributed by atoms with E-state index in [-0.39, 0.29) is 0 Å². The SMILES string of the molecule is C=C(C)CCC1CC(C(C)(C)C)CCC1CN. The van der Waals surface area contributed by atoms with E-state index in [1.54, 1.807) is 0 Å². The number of nitrogens with two attached hydrogens (primary N) is 1. The predicted molar refractivity (Wildman–Crippen MR) is 76.9 cm³/mol. The van der Waals surface area contributed by atoms with Crippen LogP contribution < -0.4 is 5.73 Å². The van der Waals surface area contributed by atoms with Crippen molar-refractivity contribution in [3.8, 4) is 0 Å². The van der Waals surface area contributed by atoms with Crippen molar-refractivity contribution in [1.82, 2.24) is 0 Å². The van der Waals surface area contributed by atoms with Crippen LogP contribution in [0.15, 0.2) is 12.2 Å². The quantitative estimate of drug-likeness (QED) is 0.721. The number of allylic oxidation sites excluding steroid dienone is 1. The van der Waals surface area contributed by atoms with Crippen molar-refractivity contribution < 1.29 is 0 Å². The summed E-state index contributed by atoms with van der Waals surface area (Å²) in [7, 11) is 0. The fraction of sp³-hybridized carbons (Fsp3) is 0.875. The molecular weight excluding hydrogens is 206 g/mol. The van der Waals surface area contributed by atoms with Gasteiger partial charge in [-0.3, -0.25) is 0 Å². The van der Waals surface area contributed by atoms with Crippen LogP contribution in [0.4, 0.5) is 0 Å². The number of rotatable bonds is 4. The van der Waals surface area contributed by atoms with Gasteiger partial charge >= 0.3 is 0 Å². The molecule has 17 heavy (non-hydrogen) atoms. The van der Waals surface area contributed by atoms with Crippen LogP contribution in [0.1, 0.15) is 59.8 Å². The molecule has 1 fully saturated rings. The van der Waals surface area contributed by atoms with Gasteiger partial charge in [-0.15, -0.1) is 6.58 Å². The van der Waals surface area contributed by atoms with E-state index in [9.17, 15) is 0 Å². The van der Waals surface area contributed by atoms with Crippen LogP contribution in [0.25, 0.3) is 0 Å². The molecule has 100 valence electrons. The summed E-state index contributed by atoms with van der Waals surface area (Å²) in [5.74, 6) is 2.46. The fourth-order valence-electron chi connectivity index (χ4n) is 3.21. The average molecular weight is 237 g/mol. The van der Waals surface area contributed by atoms with Gasteiger partial charge in [-0.1, -0.05) is 26.3 Å². The zero-order valence-corrected chi connectivity index (χ0v) is 12.3. The average Bonchev–Trinajstić information content (AvgIpc) is 2.24. The highest BCUT2D eigenvalue weighted by Crippen LogP contribution is 2.44. The predicted octanol–water partition coefficient (Wildman–Crippen LogP) is 4.38. The third-order valence-electron chi connectivity index (χ3n) is 4.61. The fourth-order valence-corrected chi connectivity index (χ4v) is 3.21. The highest BCUT2D eigenvalue weighted by molar-refractivity contribution is 4.92. The topological polar surface area (TPSA) is 26.0 Å². The van der Waals surface area contributed by atoms with Crippen LogP contribution in [0.3, 0.4) is 0 Å². The Balaban J connectivity index is 2.58. The van der Waals surface area contributed by atoms with Crippen molar-refractivity contribution in [1.29, 1.82) is 0 Å². The highest BCUT2D eigenvalue weighted by atomic mass is 14.6. The minimum atomic E-state index is 0.459. The normalized spacial score (nSPS) is 30.3. The van der Waals surface area contributed by atoms with Gasteiger partial charge in [-0.05, 0) is 68.7 Å². The first kappa shape index (κ1) is 14.8. The van der Waals surface area contributed by atoms with Gasteiger partial charge < -0.3 is 5.73 Å². The molecule has 0 bridgehead atoms. The van der Waals surface area contributed by atoms with Gasteiger partial charge in [0.2, 0.25) is 0 Å². The van der Waals surface area contributed by atoms with Crippen LogP contribution in [0.2, 0.25) is 0 Å². The molecule has 0 radical (unpaired) electrons. The molecule has 0 aromatic rings. The van der Waals surface area contributed by atoms with Crippen molar-refractivity contribution >= 4 is 0 Å². The van der Waals surface area contributed by atoms with Crippen molar-refractivity contribution in [2.75, 3.05) is 6.54 Å². The summed E-state index contributed by atoms with van der Waals surface area (Å²) >= 11 is 0. The minimum absolute atomic E-state index is 0.459. The third kappa shape index (κ3) is 4.46. The summed E-state index contributed by atoms with van der Waals surface area (Å²) in [5.41, 5.74) is 7.71. The molecule has 1 aliphatic rings. The Bertz CT molecular complexity index is 249. The summed E-state index contributed by atoms with van der Waals surface area (Å²) < 4.78 is 0. The lowest BCUT2D eigenvalue weighted by atomic mass is 9.64. The monoisotopic (exact) mass is 237 g/mol. The van der Waals surface area contributed by atoms with Crippen molar-refractivity contribution in [2.24, 2.45) is 28.9 Å². The molecule has 0 amide bonds. The molecule has 0 aromatic heterocycles. The van der Waals surface area contributed by atoms with Crippen LogP contribution >= 0.6 is 0 Å². The molecule has 3 unspecified atom stereocenters. The van der Waals surface area contributed by atoms with Crippen LogP contribution in [0.5, 0.6) is 0 Å². The van der Waals surface area contributed by atoms with Gasteiger partial charge in [0.05, 0.1) is 0 Å². The first-order valence-electron chi connectivity index (χ1n) is 7.19. The van der Waals surface area contributed by atoms with E-state index in [4.69, 9.17) is 5.73 Å². The molecule has 3 atom stereocenters. The summed E-state index contributed by atoms with van der Waals surface area (Å²) in [6.07, 6.45) is 6.55. The van der Waals surface area contributed by atoms with E-state index in [1.807, 2.05) is 0 Å². The summed E-state index contributed by atoms with van der Waals surface area (Å²) in [4.78, 5) is 0. The van der Waals surface area contributed by atoms with Gasteiger partial charge in [-0.2, -0.15) is 0 Å². The second-order valence-corrected chi connectivity index (χ2v) is 7.13. The van der Waals surface area contributed by atoms with Crippen molar-refractivity contribution in [2.45, 2.75) is 59.8 Å². The second-order valence-electron chi connectivity index (χ2n) is 7.13. The minimum Gasteiger partial charge on any atom is -0.330 e. The van der Waals surface area contributed by atoms with E-state index >= 15 is 0 Å². The Morgan fingerprint density at radius 1 is 1.24 bits per heavy atom. The molecule has 0 aliphatic heterocycles. The molecular formula is C16H31N. The van der Waals surface area contributed by atoms with Crippen molar-refractivity contribution in [3.05, 3.63) is 12.2 Å². The molecule has 0 heterocycles. The smallest absolute Gasteiger partial charge is 0.00462 e. The van der Waals surface area contributed by atoms with Crippen molar-refractivity contribution in [3.63, 3.8) is 0 Å². The second kappa shape index (κ2) is 6.04. The van der Waals surface area contributed by atoms with Crippen LogP contribution in [-0.2, 0) is 0 Å². The van der Waals surface area contributed by atoms with Gasteiger partial charge in [0.15, 0.2) is 0 Å². The summed E-state index contributed by atoms with van der Waals surface area (Å²) in [5, 5.41) is 0. The number of hydrogen-bond donors (Lipinski definition) is 1. The maximum absolute atomic E-state index is 5.93. The highest BCUT2D eigenvalue weighted by Gasteiger charge is 2.34. The molecule has 1 nitrogen and oxygen atoms in total. The van der Waals surface area contributed by atoms with E-state index in [2.05, 4.69) is 34.3 Å². The Morgan fingerprint density at radius 2 is 1.88 bits per heavy atom. The lowest BCUT2D eigenvalue weighted by molar-refractivity contribution is 0.0966. The van der Waals surface area contributed by atoms with Crippen LogP contribution in [0, 0.1) is 23.2 Å². The Kier molecular flexibility index (Phi) is 5.24. The van der Waals surface area contributed by atoms with Gasteiger partial charge in [0.25, 0.3) is 0 Å². The van der Waals surface area contributed by atoms with Gasteiger partial charge in [0, 0.05) is 0 Å². The first-order valence-corrected chi connectivity index (χ1v) is 7.19. The van der Waals surface area contributed by atoms with E-state index < -0.39 is 0 Å². The molecule has 1 heteroatoms. The zero-order chi connectivity index (χ0) is 13.1. The third-order valence-corrected chi connectivity index (χ3v) is 4.61. The summed E-state index contributed by atoms with van der Waals surface area (Å²) in [6.45, 7) is 14.2. The molecule has 2 N–H and O–H groups in total. The maximum atomic E-state index is 5.93. The lowest BCUT2D eigenvalue weighted by Crippen LogP contribution is -2.35. The number of hydrogen-bond acceptors (Lipinski definition) is 1. The van der Waals surface area contributed by atoms with Gasteiger partial charge in [-0.25, -0.2) is 0 Å². The molecule has 1 rings (SSSR count). The van der Waals surface area contributed by atoms with E-state index in [1.165, 1.54) is 37.7 Å². The van der Waals surface area contributed by atoms with Crippen LogP contribution in [-0.4, -0.2) is 6.54 Å². The molecule has 0 spiro atoms. The zero-order valence-electron chi connectivity index (χ0n) is 12.3. The molecule has 0 saturated heterocycles. The van der Waals surface area contributed by atoms with E-state index in [0.717, 1.165) is 24.3 Å². The molecule has 1 aliphatic carbocycles. The molecule has 0 aromatic carbocycles. The Labute approximate surface area is 108 Å². The van der Waals surface area contributed by atoms with E-state index in [0.29, 0.717) is 5.41 Å². The maximum Gasteiger partial charge on any atom is -0.00462 e.